The van der Waals surface area contributed by atoms with Crippen molar-refractivity contribution in [3.63, 3.8) is 0 Å². The van der Waals surface area contributed by atoms with Crippen molar-refractivity contribution in [1.29, 1.82) is 0 Å². The van der Waals surface area contributed by atoms with Crippen molar-refractivity contribution in [2.24, 2.45) is 5.92 Å². The molecular weight excluding hydrogens is 162 g/mol. The highest BCUT2D eigenvalue weighted by Crippen LogP contribution is 2.18. The molecular formula is C11H23NO. The fourth-order valence-electron chi connectivity index (χ4n) is 2.05. The van der Waals surface area contributed by atoms with Gasteiger partial charge in [-0.2, -0.15) is 0 Å². The zero-order valence-electron chi connectivity index (χ0n) is 8.76. The minimum absolute atomic E-state index is 0.0562. The molecule has 0 aliphatic carbocycles. The largest absolute Gasteiger partial charge is 0.393 e. The van der Waals surface area contributed by atoms with Gasteiger partial charge in [0.05, 0.1) is 6.10 Å². The van der Waals surface area contributed by atoms with Crippen molar-refractivity contribution in [1.82, 2.24) is 5.32 Å². The van der Waals surface area contributed by atoms with Crippen LogP contribution in [-0.4, -0.2) is 24.3 Å². The molecule has 13 heavy (non-hydrogen) atoms. The number of aliphatic hydroxyl groups excluding tert-OH is 1. The highest BCUT2D eigenvalue weighted by Gasteiger charge is 2.20. The number of unbranched alkanes of at least 4 members (excludes halogenated alkanes) is 2. The highest BCUT2D eigenvalue weighted by molar-refractivity contribution is 4.75. The van der Waals surface area contributed by atoms with Gasteiger partial charge in [0.15, 0.2) is 0 Å². The molecule has 1 aliphatic heterocycles. The molecule has 0 spiro atoms. The van der Waals surface area contributed by atoms with E-state index in [4.69, 9.17) is 0 Å². The van der Waals surface area contributed by atoms with Gasteiger partial charge in [0, 0.05) is 6.54 Å². The van der Waals surface area contributed by atoms with Crippen LogP contribution in [0.3, 0.4) is 0 Å². The molecule has 1 fully saturated rings. The maximum Gasteiger partial charge on any atom is 0.0580 e. The molecule has 2 N–H and O–H groups in total. The molecule has 2 nitrogen and oxygen atoms in total. The van der Waals surface area contributed by atoms with Gasteiger partial charge in [0.2, 0.25) is 0 Å². The molecule has 2 atom stereocenters. The van der Waals surface area contributed by atoms with Crippen LogP contribution >= 0.6 is 0 Å². The summed E-state index contributed by atoms with van der Waals surface area (Å²) in [5.41, 5.74) is 0. The van der Waals surface area contributed by atoms with E-state index in [9.17, 15) is 5.11 Å². The van der Waals surface area contributed by atoms with Gasteiger partial charge in [-0.05, 0) is 31.7 Å². The molecule has 1 rings (SSSR count). The summed E-state index contributed by atoms with van der Waals surface area (Å²) in [6, 6.07) is 0. The summed E-state index contributed by atoms with van der Waals surface area (Å²) in [5.74, 6) is 0.519. The Kier molecular flexibility index (Phi) is 5.40. The van der Waals surface area contributed by atoms with Gasteiger partial charge in [-0.3, -0.25) is 0 Å². The van der Waals surface area contributed by atoms with Crippen LogP contribution in [0.25, 0.3) is 0 Å². The average Bonchev–Trinajstić information content (AvgIpc) is 2.19. The Morgan fingerprint density at radius 1 is 1.46 bits per heavy atom. The van der Waals surface area contributed by atoms with Crippen LogP contribution in [0.4, 0.5) is 0 Å². The van der Waals surface area contributed by atoms with E-state index in [-0.39, 0.29) is 6.10 Å². The van der Waals surface area contributed by atoms with Crippen molar-refractivity contribution in [2.45, 2.75) is 51.6 Å². The van der Waals surface area contributed by atoms with E-state index in [0.29, 0.717) is 5.92 Å². The first-order valence-electron chi connectivity index (χ1n) is 5.73. The van der Waals surface area contributed by atoms with Crippen molar-refractivity contribution < 1.29 is 5.11 Å². The van der Waals surface area contributed by atoms with Gasteiger partial charge in [0.25, 0.3) is 0 Å². The molecule has 1 heterocycles. The molecule has 0 aromatic rings. The summed E-state index contributed by atoms with van der Waals surface area (Å²) >= 11 is 0. The summed E-state index contributed by atoms with van der Waals surface area (Å²) in [6.07, 6.45) is 7.08. The van der Waals surface area contributed by atoms with Gasteiger partial charge < -0.3 is 10.4 Å². The monoisotopic (exact) mass is 185 g/mol. The minimum atomic E-state index is -0.0562. The molecule has 0 amide bonds. The van der Waals surface area contributed by atoms with Crippen molar-refractivity contribution in [3.05, 3.63) is 0 Å². The van der Waals surface area contributed by atoms with E-state index in [1.807, 2.05) is 0 Å². The fraction of sp³-hybridized carbons (Fsp3) is 1.00. The first-order valence-corrected chi connectivity index (χ1v) is 5.73. The lowest BCUT2D eigenvalue weighted by molar-refractivity contribution is 0.0817. The predicted molar refractivity (Wildman–Crippen MR) is 55.7 cm³/mol. The van der Waals surface area contributed by atoms with Crippen LogP contribution in [0.5, 0.6) is 0 Å². The maximum atomic E-state index is 9.86. The van der Waals surface area contributed by atoms with Crippen molar-refractivity contribution >= 4 is 0 Å². The lowest BCUT2D eigenvalue weighted by Gasteiger charge is -2.27. The van der Waals surface area contributed by atoms with Crippen LogP contribution in [0.1, 0.15) is 45.4 Å². The number of nitrogens with one attached hydrogen (secondary N) is 1. The molecule has 0 aromatic heterocycles. The molecule has 0 aromatic carbocycles. The molecule has 1 saturated heterocycles. The average molecular weight is 185 g/mol. The zero-order chi connectivity index (χ0) is 9.52. The molecule has 0 radical (unpaired) electrons. The van der Waals surface area contributed by atoms with E-state index >= 15 is 0 Å². The topological polar surface area (TPSA) is 32.3 Å². The Labute approximate surface area is 81.7 Å². The fourth-order valence-corrected chi connectivity index (χ4v) is 2.05. The third-order valence-electron chi connectivity index (χ3n) is 2.98. The van der Waals surface area contributed by atoms with Gasteiger partial charge in [-0.15, -0.1) is 0 Å². The van der Waals surface area contributed by atoms with E-state index in [1.165, 1.54) is 32.1 Å². The standard InChI is InChI=1S/C11H23NO/c1-2-3-4-7-11(13)10-6-5-8-12-9-10/h10-13H,2-9H2,1H3. The molecule has 2 heteroatoms. The van der Waals surface area contributed by atoms with Crippen LogP contribution < -0.4 is 5.32 Å². The first-order chi connectivity index (χ1) is 6.34. The Morgan fingerprint density at radius 2 is 2.31 bits per heavy atom. The second kappa shape index (κ2) is 6.39. The third-order valence-corrected chi connectivity index (χ3v) is 2.98. The second-order valence-corrected chi connectivity index (χ2v) is 4.17. The smallest absolute Gasteiger partial charge is 0.0580 e. The predicted octanol–water partition coefficient (Wildman–Crippen LogP) is 1.93. The van der Waals surface area contributed by atoms with Gasteiger partial charge in [-0.25, -0.2) is 0 Å². The highest BCUT2D eigenvalue weighted by atomic mass is 16.3. The minimum Gasteiger partial charge on any atom is -0.393 e. The SMILES string of the molecule is CCCCCC(O)C1CCCNC1. The second-order valence-electron chi connectivity index (χ2n) is 4.17. The summed E-state index contributed by atoms with van der Waals surface area (Å²) in [6.45, 7) is 4.36. The Bertz CT molecular complexity index is 121. The van der Waals surface area contributed by atoms with Crippen LogP contribution in [0.15, 0.2) is 0 Å². The molecule has 0 bridgehead atoms. The number of rotatable bonds is 5. The van der Waals surface area contributed by atoms with Gasteiger partial charge in [0.1, 0.15) is 0 Å². The van der Waals surface area contributed by atoms with Gasteiger partial charge >= 0.3 is 0 Å². The third kappa shape index (κ3) is 4.10. The Balaban J connectivity index is 2.09. The van der Waals surface area contributed by atoms with Crippen LogP contribution in [-0.2, 0) is 0 Å². The molecule has 78 valence electrons. The normalized spacial score (nSPS) is 25.8. The summed E-state index contributed by atoms with van der Waals surface area (Å²) in [7, 11) is 0. The first kappa shape index (κ1) is 11.0. The zero-order valence-corrected chi connectivity index (χ0v) is 8.76. The van der Waals surface area contributed by atoms with E-state index in [0.717, 1.165) is 19.5 Å². The Hall–Kier alpha value is -0.0800. The van der Waals surface area contributed by atoms with E-state index < -0.39 is 0 Å². The lowest BCUT2D eigenvalue weighted by Crippen LogP contribution is -2.36. The quantitative estimate of drug-likeness (QED) is 0.641. The maximum absolute atomic E-state index is 9.86. The number of hydrogen-bond acceptors (Lipinski definition) is 2. The van der Waals surface area contributed by atoms with Crippen molar-refractivity contribution in [3.8, 4) is 0 Å². The van der Waals surface area contributed by atoms with Crippen LogP contribution in [0.2, 0.25) is 0 Å². The van der Waals surface area contributed by atoms with Crippen molar-refractivity contribution in [2.75, 3.05) is 13.1 Å². The summed E-state index contributed by atoms with van der Waals surface area (Å²) in [5, 5.41) is 13.2. The number of aliphatic hydroxyl groups is 1. The van der Waals surface area contributed by atoms with E-state index in [1.54, 1.807) is 0 Å². The van der Waals surface area contributed by atoms with E-state index in [2.05, 4.69) is 12.2 Å². The number of hydrogen-bond donors (Lipinski definition) is 2. The molecule has 0 saturated carbocycles. The Morgan fingerprint density at radius 3 is 2.92 bits per heavy atom. The molecule has 2 unspecified atom stereocenters. The summed E-state index contributed by atoms with van der Waals surface area (Å²) < 4.78 is 0. The summed E-state index contributed by atoms with van der Waals surface area (Å²) in [4.78, 5) is 0. The van der Waals surface area contributed by atoms with Gasteiger partial charge in [-0.1, -0.05) is 26.2 Å². The number of piperidine rings is 1. The molecule has 1 aliphatic rings. The lowest BCUT2D eigenvalue weighted by atomic mass is 9.91. The van der Waals surface area contributed by atoms with Crippen LogP contribution in [0, 0.1) is 5.92 Å².